The highest BCUT2D eigenvalue weighted by Gasteiger charge is 2.13. The van der Waals surface area contributed by atoms with Crippen molar-refractivity contribution in [1.29, 1.82) is 0 Å². The van der Waals surface area contributed by atoms with Crippen LogP contribution in [0.4, 0.5) is 5.69 Å². The molecule has 162 valence electrons. The van der Waals surface area contributed by atoms with E-state index in [1.165, 1.54) is 46.2 Å². The maximum Gasteiger partial charge on any atom is 0.269 e. The number of hydrogen-bond donors (Lipinski definition) is 2. The van der Waals surface area contributed by atoms with Crippen LogP contribution in [-0.2, 0) is 13.1 Å². The first-order valence-corrected chi connectivity index (χ1v) is 9.54. The number of nitro groups is 1. The Morgan fingerprint density at radius 1 is 1.22 bits per heavy atom. The molecule has 12 heteroatoms. The summed E-state index contributed by atoms with van der Waals surface area (Å²) in [5.74, 6) is -0.518. The smallest absolute Gasteiger partial charge is 0.269 e. The highest BCUT2D eigenvalue weighted by Crippen LogP contribution is 2.14. The molecule has 0 atom stereocenters. The van der Waals surface area contributed by atoms with Crippen LogP contribution in [0.25, 0.3) is 11.0 Å². The molecule has 0 saturated carbocycles. The van der Waals surface area contributed by atoms with E-state index in [0.717, 1.165) is 0 Å². The van der Waals surface area contributed by atoms with Gasteiger partial charge in [0.1, 0.15) is 17.3 Å². The molecular weight excluding hydrogens is 418 g/mol. The van der Waals surface area contributed by atoms with Crippen LogP contribution in [0.2, 0.25) is 0 Å². The van der Waals surface area contributed by atoms with Crippen LogP contribution < -0.4 is 16.4 Å². The molecule has 12 nitrogen and oxygen atoms in total. The molecule has 0 radical (unpaired) electrons. The van der Waals surface area contributed by atoms with Gasteiger partial charge >= 0.3 is 0 Å². The Balaban J connectivity index is 1.48. The van der Waals surface area contributed by atoms with Crippen LogP contribution in [0.5, 0.6) is 0 Å². The molecule has 0 fully saturated rings. The topological polar surface area (TPSA) is 158 Å². The summed E-state index contributed by atoms with van der Waals surface area (Å²) in [5, 5.41) is 18.0. The molecule has 0 aliphatic rings. The second-order valence-electron chi connectivity index (χ2n) is 6.88. The van der Waals surface area contributed by atoms with Gasteiger partial charge in [0, 0.05) is 24.9 Å². The highest BCUT2D eigenvalue weighted by atomic mass is 16.6. The number of nitrogens with zero attached hydrogens (tertiary/aromatic N) is 5. The number of nitrogens with one attached hydrogen (secondary N) is 2. The van der Waals surface area contributed by atoms with Gasteiger partial charge in [0.2, 0.25) is 0 Å². The zero-order valence-electron chi connectivity index (χ0n) is 16.6. The number of carbonyl (C=O) groups excluding carboxylic acids is 1. The third-order valence-electron chi connectivity index (χ3n) is 4.77. The summed E-state index contributed by atoms with van der Waals surface area (Å²) in [7, 11) is 0. The molecule has 3 heterocycles. The monoisotopic (exact) mass is 435 g/mol. The van der Waals surface area contributed by atoms with Gasteiger partial charge in [0.25, 0.3) is 22.7 Å². The molecule has 0 spiro atoms. The SMILES string of the molecule is O=C(NCCn1ncc2c(=O)n(Cc3cccc([N+](=O)[O-])c3)cnc21)c1ccc[nH]c1=O. The summed E-state index contributed by atoms with van der Waals surface area (Å²) in [6, 6.07) is 9.00. The lowest BCUT2D eigenvalue weighted by molar-refractivity contribution is -0.384. The largest absolute Gasteiger partial charge is 0.350 e. The van der Waals surface area contributed by atoms with E-state index in [-0.39, 0.29) is 41.8 Å². The Morgan fingerprint density at radius 2 is 2.06 bits per heavy atom. The fraction of sp³-hybridized carbons (Fsp3) is 0.150. The van der Waals surface area contributed by atoms with Crippen LogP contribution in [0.1, 0.15) is 15.9 Å². The van der Waals surface area contributed by atoms with E-state index in [1.807, 2.05) is 0 Å². The first-order valence-electron chi connectivity index (χ1n) is 9.54. The summed E-state index contributed by atoms with van der Waals surface area (Å²) < 4.78 is 2.82. The van der Waals surface area contributed by atoms with Gasteiger partial charge in [-0.25, -0.2) is 9.67 Å². The third-order valence-corrected chi connectivity index (χ3v) is 4.77. The predicted molar refractivity (Wildman–Crippen MR) is 113 cm³/mol. The quantitative estimate of drug-likeness (QED) is 0.319. The number of benzene rings is 1. The van der Waals surface area contributed by atoms with Gasteiger partial charge in [-0.15, -0.1) is 0 Å². The molecule has 1 aromatic carbocycles. The van der Waals surface area contributed by atoms with Crippen molar-refractivity contribution in [3.63, 3.8) is 0 Å². The average Bonchev–Trinajstić information content (AvgIpc) is 3.20. The van der Waals surface area contributed by atoms with Crippen molar-refractivity contribution in [3.8, 4) is 0 Å². The van der Waals surface area contributed by atoms with Crippen molar-refractivity contribution in [2.24, 2.45) is 0 Å². The zero-order chi connectivity index (χ0) is 22.7. The molecule has 32 heavy (non-hydrogen) atoms. The number of fused-ring (bicyclic) bond motifs is 1. The maximum atomic E-state index is 12.8. The lowest BCUT2D eigenvalue weighted by atomic mass is 10.2. The fourth-order valence-corrected chi connectivity index (χ4v) is 3.21. The van der Waals surface area contributed by atoms with Crippen LogP contribution in [-0.4, -0.2) is 41.7 Å². The number of pyridine rings is 1. The van der Waals surface area contributed by atoms with Crippen molar-refractivity contribution in [1.82, 2.24) is 29.6 Å². The molecule has 0 bridgehead atoms. The molecule has 4 rings (SSSR count). The number of hydrogen-bond acceptors (Lipinski definition) is 7. The molecule has 1 amide bonds. The minimum Gasteiger partial charge on any atom is -0.350 e. The normalized spacial score (nSPS) is 10.9. The van der Waals surface area contributed by atoms with Crippen molar-refractivity contribution >= 4 is 22.6 Å². The number of carbonyl (C=O) groups is 1. The Bertz CT molecular complexity index is 1440. The van der Waals surface area contributed by atoms with E-state index < -0.39 is 16.4 Å². The zero-order valence-corrected chi connectivity index (χ0v) is 16.6. The van der Waals surface area contributed by atoms with Gasteiger partial charge in [-0.2, -0.15) is 5.10 Å². The molecule has 4 aromatic rings. The van der Waals surface area contributed by atoms with E-state index in [4.69, 9.17) is 0 Å². The second kappa shape index (κ2) is 8.63. The second-order valence-corrected chi connectivity index (χ2v) is 6.88. The Kier molecular flexibility index (Phi) is 5.57. The Hall–Kier alpha value is -4.61. The summed E-state index contributed by atoms with van der Waals surface area (Å²) in [6.45, 7) is 0.528. The van der Waals surface area contributed by atoms with Crippen molar-refractivity contribution in [2.75, 3.05) is 6.54 Å². The maximum absolute atomic E-state index is 12.8. The standard InChI is InChI=1S/C20H17N7O5/c28-18-15(5-2-6-21-18)19(29)22-7-8-26-17-16(10-24-26)20(30)25(12-23-17)11-13-3-1-4-14(9-13)27(31)32/h1-6,9-10,12H,7-8,11H2,(H,21,28)(H,22,29). The number of H-pyrrole nitrogens is 1. The van der Waals surface area contributed by atoms with Crippen molar-refractivity contribution in [3.05, 3.63) is 97.1 Å². The first-order chi connectivity index (χ1) is 15.4. The fourth-order valence-electron chi connectivity index (χ4n) is 3.21. The van der Waals surface area contributed by atoms with Gasteiger partial charge in [-0.05, 0) is 17.7 Å². The summed E-state index contributed by atoms with van der Waals surface area (Å²) in [6.07, 6.45) is 4.18. The van der Waals surface area contributed by atoms with Crippen LogP contribution >= 0.6 is 0 Å². The Labute approximate surface area is 179 Å². The predicted octanol–water partition coefficient (Wildman–Crippen LogP) is 0.668. The van der Waals surface area contributed by atoms with Crippen molar-refractivity contribution in [2.45, 2.75) is 13.1 Å². The van der Waals surface area contributed by atoms with Gasteiger partial charge in [-0.3, -0.25) is 29.1 Å². The van der Waals surface area contributed by atoms with E-state index in [0.29, 0.717) is 11.2 Å². The lowest BCUT2D eigenvalue weighted by Gasteiger charge is -2.07. The Morgan fingerprint density at radius 3 is 2.84 bits per heavy atom. The lowest BCUT2D eigenvalue weighted by Crippen LogP contribution is -2.31. The number of rotatable bonds is 7. The summed E-state index contributed by atoms with van der Waals surface area (Å²) in [4.78, 5) is 53.8. The summed E-state index contributed by atoms with van der Waals surface area (Å²) >= 11 is 0. The number of amides is 1. The number of aromatic amines is 1. The minimum atomic E-state index is -0.518. The number of non-ortho nitro benzene ring substituents is 1. The molecule has 3 aromatic heterocycles. The van der Waals surface area contributed by atoms with Crippen LogP contribution in [0, 0.1) is 10.1 Å². The summed E-state index contributed by atoms with van der Waals surface area (Å²) in [5.41, 5.74) is 0.0515. The van der Waals surface area contributed by atoms with E-state index >= 15 is 0 Å². The van der Waals surface area contributed by atoms with E-state index in [2.05, 4.69) is 20.4 Å². The molecule has 0 aliphatic heterocycles. The molecule has 2 N–H and O–H groups in total. The van der Waals surface area contributed by atoms with Gasteiger partial charge in [0.05, 0.1) is 24.2 Å². The average molecular weight is 435 g/mol. The molecule has 0 unspecified atom stereocenters. The van der Waals surface area contributed by atoms with Crippen LogP contribution in [0.3, 0.4) is 0 Å². The van der Waals surface area contributed by atoms with Gasteiger partial charge < -0.3 is 10.3 Å². The van der Waals surface area contributed by atoms with Gasteiger partial charge in [0.15, 0.2) is 5.65 Å². The van der Waals surface area contributed by atoms with E-state index in [1.54, 1.807) is 18.2 Å². The van der Waals surface area contributed by atoms with E-state index in [9.17, 15) is 24.5 Å². The molecule has 0 aliphatic carbocycles. The molecule has 0 saturated heterocycles. The first kappa shape index (κ1) is 20.7. The van der Waals surface area contributed by atoms with Crippen molar-refractivity contribution < 1.29 is 9.72 Å². The number of aromatic nitrogens is 5. The molecular formula is C20H17N7O5. The van der Waals surface area contributed by atoms with Gasteiger partial charge in [-0.1, -0.05) is 12.1 Å². The highest BCUT2D eigenvalue weighted by molar-refractivity contribution is 5.93. The number of nitro benzene ring substituents is 1. The van der Waals surface area contributed by atoms with Crippen LogP contribution in [0.15, 0.2) is 64.7 Å². The minimum absolute atomic E-state index is 0.0000154. The third kappa shape index (κ3) is 4.14.